The molecule has 0 atom stereocenters. The van der Waals surface area contributed by atoms with Gasteiger partial charge in [-0.15, -0.1) is 12.4 Å². The fourth-order valence-electron chi connectivity index (χ4n) is 2.83. The lowest BCUT2D eigenvalue weighted by atomic mass is 10.0. The molecule has 1 heterocycles. The summed E-state index contributed by atoms with van der Waals surface area (Å²) in [4.78, 5) is -0.382. The molecule has 2 N–H and O–H groups in total. The molecule has 2 aromatic rings. The topological polar surface area (TPSA) is 63.4 Å². The summed E-state index contributed by atoms with van der Waals surface area (Å²) in [6, 6.07) is 8.71. The molecule has 0 amide bonds. The number of nitrogens with zero attached hydrogens (tertiary/aromatic N) is 1. The van der Waals surface area contributed by atoms with Crippen LogP contribution in [0.1, 0.15) is 17.5 Å². The monoisotopic (exact) mass is 392 g/mol. The highest BCUT2D eigenvalue weighted by atomic mass is 35.5. The van der Waals surface area contributed by atoms with Crippen molar-refractivity contribution >= 4 is 33.8 Å². The first-order valence-electron chi connectivity index (χ1n) is 7.28. The lowest BCUT2D eigenvalue weighted by molar-refractivity contribution is -0.137. The Balaban J connectivity index is 0.00000225. The number of rotatable bonds is 2. The van der Waals surface area contributed by atoms with Gasteiger partial charge in [-0.3, -0.25) is 4.31 Å². The van der Waals surface area contributed by atoms with Gasteiger partial charge in [0.2, 0.25) is 0 Å². The van der Waals surface area contributed by atoms with E-state index in [1.54, 1.807) is 18.2 Å². The molecule has 0 spiro atoms. The summed E-state index contributed by atoms with van der Waals surface area (Å²) < 4.78 is 65.4. The zero-order valence-electron chi connectivity index (χ0n) is 13.0. The van der Waals surface area contributed by atoms with Gasteiger partial charge in [0.15, 0.2) is 0 Å². The van der Waals surface area contributed by atoms with Crippen LogP contribution in [0.3, 0.4) is 0 Å². The Hall–Kier alpha value is -1.93. The first-order valence-corrected chi connectivity index (χ1v) is 8.72. The molecule has 3 rings (SSSR count). The molecule has 0 unspecified atom stereocenters. The predicted octanol–water partition coefficient (Wildman–Crippen LogP) is 3.85. The van der Waals surface area contributed by atoms with Gasteiger partial charge in [0.25, 0.3) is 10.0 Å². The lowest BCUT2D eigenvalue weighted by Gasteiger charge is -2.31. The minimum atomic E-state index is -4.60. The second kappa shape index (κ2) is 6.76. The maximum absolute atomic E-state index is 12.9. The van der Waals surface area contributed by atoms with Gasteiger partial charge in [-0.2, -0.15) is 13.2 Å². The molecule has 0 saturated heterocycles. The maximum atomic E-state index is 12.9. The van der Waals surface area contributed by atoms with Crippen LogP contribution in [0.2, 0.25) is 0 Å². The molecule has 0 radical (unpaired) electrons. The van der Waals surface area contributed by atoms with Crippen LogP contribution in [0.15, 0.2) is 47.4 Å². The molecule has 1 aliphatic heterocycles. The van der Waals surface area contributed by atoms with Crippen molar-refractivity contribution in [2.24, 2.45) is 0 Å². The minimum absolute atomic E-state index is 0. The zero-order chi connectivity index (χ0) is 17.5. The molecule has 2 aromatic carbocycles. The summed E-state index contributed by atoms with van der Waals surface area (Å²) in [5, 5.41) is 0. The first-order chi connectivity index (χ1) is 11.2. The third-order valence-electron chi connectivity index (χ3n) is 3.99. The van der Waals surface area contributed by atoms with Gasteiger partial charge in [-0.1, -0.05) is 12.1 Å². The molecular weight excluding hydrogens is 377 g/mol. The van der Waals surface area contributed by atoms with Crippen LogP contribution < -0.4 is 10.0 Å². The Morgan fingerprint density at radius 3 is 2.44 bits per heavy atom. The van der Waals surface area contributed by atoms with Crippen LogP contribution in [-0.2, 0) is 22.6 Å². The van der Waals surface area contributed by atoms with E-state index in [0.29, 0.717) is 35.8 Å². The van der Waals surface area contributed by atoms with Crippen molar-refractivity contribution in [1.82, 2.24) is 0 Å². The summed E-state index contributed by atoms with van der Waals surface area (Å²) in [6.07, 6.45) is -3.41. The molecule has 0 fully saturated rings. The summed E-state index contributed by atoms with van der Waals surface area (Å²) in [5.41, 5.74) is 6.52. The van der Waals surface area contributed by atoms with Gasteiger partial charge in [-0.25, -0.2) is 8.42 Å². The number of benzene rings is 2. The normalized spacial score (nSPS) is 14.6. The van der Waals surface area contributed by atoms with Crippen molar-refractivity contribution < 1.29 is 21.6 Å². The van der Waals surface area contributed by atoms with E-state index in [1.165, 1.54) is 6.07 Å². The SMILES string of the molecule is Cl.Nc1cccc2c1CCCN2S(=O)(=O)c1cccc(C(F)(F)F)c1. The largest absolute Gasteiger partial charge is 0.416 e. The highest BCUT2D eigenvalue weighted by Gasteiger charge is 2.34. The fourth-order valence-corrected chi connectivity index (χ4v) is 4.41. The Morgan fingerprint density at radius 2 is 1.76 bits per heavy atom. The first kappa shape index (κ1) is 19.4. The van der Waals surface area contributed by atoms with E-state index in [1.807, 2.05) is 0 Å². The molecule has 0 aromatic heterocycles. The zero-order valence-corrected chi connectivity index (χ0v) is 14.6. The van der Waals surface area contributed by atoms with Crippen LogP contribution >= 0.6 is 12.4 Å². The van der Waals surface area contributed by atoms with Gasteiger partial charge in [0.05, 0.1) is 16.1 Å². The number of hydrogen-bond donors (Lipinski definition) is 1. The molecule has 136 valence electrons. The minimum Gasteiger partial charge on any atom is -0.398 e. The third kappa shape index (κ3) is 3.55. The molecule has 1 aliphatic rings. The second-order valence-corrected chi connectivity index (χ2v) is 7.41. The maximum Gasteiger partial charge on any atom is 0.416 e. The van der Waals surface area contributed by atoms with Gasteiger partial charge in [0.1, 0.15) is 0 Å². The number of anilines is 2. The molecule has 4 nitrogen and oxygen atoms in total. The van der Waals surface area contributed by atoms with Crippen molar-refractivity contribution in [3.8, 4) is 0 Å². The Bertz CT molecular complexity index is 885. The molecule has 25 heavy (non-hydrogen) atoms. The van der Waals surface area contributed by atoms with E-state index in [0.717, 1.165) is 16.4 Å². The second-order valence-electron chi connectivity index (χ2n) is 5.55. The highest BCUT2D eigenvalue weighted by molar-refractivity contribution is 7.92. The standard InChI is InChI=1S/C16H15F3N2O2S.ClH/c17-16(18,19)11-4-1-5-12(10-11)24(22,23)21-9-3-6-13-14(20)7-2-8-15(13)21;/h1-2,4-5,7-8,10H,3,6,9,20H2;1H. The van der Waals surface area contributed by atoms with Crippen molar-refractivity contribution in [3.05, 3.63) is 53.6 Å². The van der Waals surface area contributed by atoms with Crippen molar-refractivity contribution in [1.29, 1.82) is 0 Å². The molecular formula is C16H16ClF3N2O2S. The number of halogens is 4. The summed E-state index contributed by atoms with van der Waals surface area (Å²) in [6.45, 7) is 0.203. The molecule has 0 saturated carbocycles. The van der Waals surface area contributed by atoms with Crippen LogP contribution in [-0.4, -0.2) is 15.0 Å². The predicted molar refractivity (Wildman–Crippen MR) is 92.4 cm³/mol. The third-order valence-corrected chi connectivity index (χ3v) is 5.80. The summed E-state index contributed by atoms with van der Waals surface area (Å²) >= 11 is 0. The number of sulfonamides is 1. The van der Waals surface area contributed by atoms with Gasteiger partial charge < -0.3 is 5.73 Å². The number of nitrogen functional groups attached to an aromatic ring is 1. The number of alkyl halides is 3. The van der Waals surface area contributed by atoms with Gasteiger partial charge >= 0.3 is 6.18 Å². The summed E-state index contributed by atoms with van der Waals surface area (Å²) in [5.74, 6) is 0. The summed E-state index contributed by atoms with van der Waals surface area (Å²) in [7, 11) is -4.10. The number of hydrogen-bond acceptors (Lipinski definition) is 3. The smallest absolute Gasteiger partial charge is 0.398 e. The van der Waals surface area contributed by atoms with Crippen LogP contribution in [0.4, 0.5) is 24.5 Å². The quantitative estimate of drug-likeness (QED) is 0.789. The molecule has 9 heteroatoms. The van der Waals surface area contributed by atoms with E-state index in [-0.39, 0.29) is 23.8 Å². The van der Waals surface area contributed by atoms with Crippen LogP contribution in [0.25, 0.3) is 0 Å². The van der Waals surface area contributed by atoms with Gasteiger partial charge in [-0.05, 0) is 48.7 Å². The van der Waals surface area contributed by atoms with Crippen LogP contribution in [0, 0.1) is 0 Å². The van der Waals surface area contributed by atoms with Crippen molar-refractivity contribution in [3.63, 3.8) is 0 Å². The van der Waals surface area contributed by atoms with E-state index < -0.39 is 21.8 Å². The van der Waals surface area contributed by atoms with Crippen LogP contribution in [0.5, 0.6) is 0 Å². The average Bonchev–Trinajstić information content (AvgIpc) is 2.54. The van der Waals surface area contributed by atoms with E-state index in [2.05, 4.69) is 0 Å². The van der Waals surface area contributed by atoms with E-state index in [9.17, 15) is 21.6 Å². The number of nitrogens with two attached hydrogens (primary N) is 1. The molecule has 0 aliphatic carbocycles. The molecule has 0 bridgehead atoms. The average molecular weight is 393 g/mol. The highest BCUT2D eigenvalue weighted by Crippen LogP contribution is 2.36. The van der Waals surface area contributed by atoms with Crippen molar-refractivity contribution in [2.75, 3.05) is 16.6 Å². The number of fused-ring (bicyclic) bond motifs is 1. The van der Waals surface area contributed by atoms with Gasteiger partial charge in [0, 0.05) is 12.2 Å². The lowest BCUT2D eigenvalue weighted by Crippen LogP contribution is -2.35. The van der Waals surface area contributed by atoms with E-state index >= 15 is 0 Å². The van der Waals surface area contributed by atoms with E-state index in [4.69, 9.17) is 5.73 Å². The fraction of sp³-hybridized carbons (Fsp3) is 0.250. The van der Waals surface area contributed by atoms with Crippen molar-refractivity contribution in [2.45, 2.75) is 23.9 Å². The Kier molecular flexibility index (Phi) is 5.24. The Morgan fingerprint density at radius 1 is 1.08 bits per heavy atom. The Labute approximate surface area is 149 Å².